The average molecular weight is 238 g/mol. The van der Waals surface area contributed by atoms with E-state index < -0.39 is 5.91 Å². The number of benzene rings is 1. The molecule has 0 aliphatic heterocycles. The molecule has 1 rings (SSSR count). The van der Waals surface area contributed by atoms with E-state index in [0.717, 1.165) is 0 Å². The molecule has 0 unspecified atom stereocenters. The number of nitrogens with two attached hydrogens (primary N) is 1. The second-order valence-corrected chi connectivity index (χ2v) is 4.49. The second kappa shape index (κ2) is 5.55. The highest BCUT2D eigenvalue weighted by Crippen LogP contribution is 2.12. The molecule has 0 saturated carbocycles. The lowest BCUT2D eigenvalue weighted by molar-refractivity contribution is -0.115. The molecule has 1 aromatic carbocycles. The number of anilines is 1. The predicted octanol–water partition coefficient (Wildman–Crippen LogP) is 1.48. The lowest BCUT2D eigenvalue weighted by Gasteiger charge is -2.09. The van der Waals surface area contributed by atoms with Gasteiger partial charge in [-0.15, -0.1) is 0 Å². The van der Waals surface area contributed by atoms with Gasteiger partial charge in [-0.2, -0.15) is 11.8 Å². The van der Waals surface area contributed by atoms with Crippen LogP contribution in [-0.4, -0.2) is 23.3 Å². The van der Waals surface area contributed by atoms with Crippen molar-refractivity contribution in [3.8, 4) is 0 Å². The van der Waals surface area contributed by atoms with Crippen molar-refractivity contribution in [2.45, 2.75) is 12.2 Å². The van der Waals surface area contributed by atoms with Gasteiger partial charge in [0.15, 0.2) is 0 Å². The predicted molar refractivity (Wildman–Crippen MR) is 66.6 cm³/mol. The van der Waals surface area contributed by atoms with Crippen molar-refractivity contribution in [2.24, 2.45) is 5.73 Å². The van der Waals surface area contributed by atoms with Crippen molar-refractivity contribution in [1.82, 2.24) is 0 Å². The molecular formula is C11H14N2O2S. The molecule has 0 aromatic heterocycles. The van der Waals surface area contributed by atoms with E-state index in [9.17, 15) is 9.59 Å². The van der Waals surface area contributed by atoms with E-state index in [4.69, 9.17) is 5.73 Å². The lowest BCUT2D eigenvalue weighted by atomic mass is 10.2. The second-order valence-electron chi connectivity index (χ2n) is 3.31. The maximum absolute atomic E-state index is 11.5. The number of amides is 2. The molecule has 2 amide bonds. The summed E-state index contributed by atoms with van der Waals surface area (Å²) in [6.07, 6.45) is 1.88. The molecule has 0 fully saturated rings. The van der Waals surface area contributed by atoms with Gasteiger partial charge in [0.2, 0.25) is 11.8 Å². The number of nitrogens with one attached hydrogen (secondary N) is 1. The van der Waals surface area contributed by atoms with Gasteiger partial charge >= 0.3 is 0 Å². The van der Waals surface area contributed by atoms with Gasteiger partial charge in [-0.1, -0.05) is 0 Å². The van der Waals surface area contributed by atoms with E-state index in [1.165, 1.54) is 11.8 Å². The Morgan fingerprint density at radius 1 is 1.31 bits per heavy atom. The van der Waals surface area contributed by atoms with E-state index in [1.54, 1.807) is 24.3 Å². The quantitative estimate of drug-likeness (QED) is 0.834. The van der Waals surface area contributed by atoms with Crippen LogP contribution in [0.5, 0.6) is 0 Å². The van der Waals surface area contributed by atoms with Gasteiger partial charge in [-0.25, -0.2) is 0 Å². The largest absolute Gasteiger partial charge is 0.366 e. The van der Waals surface area contributed by atoms with Gasteiger partial charge in [-0.3, -0.25) is 9.59 Å². The van der Waals surface area contributed by atoms with Crippen molar-refractivity contribution in [3.05, 3.63) is 29.8 Å². The molecular weight excluding hydrogens is 224 g/mol. The minimum Gasteiger partial charge on any atom is -0.366 e. The first-order valence-electron chi connectivity index (χ1n) is 4.78. The highest BCUT2D eigenvalue weighted by Gasteiger charge is 2.11. The molecule has 1 aromatic rings. The molecule has 1 atom stereocenters. The molecule has 5 heteroatoms. The van der Waals surface area contributed by atoms with Crippen LogP contribution in [0, 0.1) is 0 Å². The summed E-state index contributed by atoms with van der Waals surface area (Å²) in [5.41, 5.74) is 6.19. The van der Waals surface area contributed by atoms with E-state index in [1.807, 2.05) is 13.2 Å². The Bertz CT molecular complexity index is 389. The zero-order valence-electron chi connectivity index (χ0n) is 9.19. The highest BCUT2D eigenvalue weighted by molar-refractivity contribution is 7.99. The van der Waals surface area contributed by atoms with Crippen molar-refractivity contribution < 1.29 is 9.59 Å². The Kier molecular flexibility index (Phi) is 4.37. The van der Waals surface area contributed by atoms with Crippen molar-refractivity contribution in [1.29, 1.82) is 0 Å². The van der Waals surface area contributed by atoms with Crippen molar-refractivity contribution >= 4 is 29.3 Å². The Labute approximate surface area is 98.6 Å². The number of carbonyl (C=O) groups is 2. The van der Waals surface area contributed by atoms with Gasteiger partial charge in [0.25, 0.3) is 0 Å². The number of hydrogen-bond donors (Lipinski definition) is 2. The summed E-state index contributed by atoms with van der Waals surface area (Å²) in [6.45, 7) is 1.83. The number of thioether (sulfide) groups is 1. The fraction of sp³-hybridized carbons (Fsp3) is 0.273. The van der Waals surface area contributed by atoms with Gasteiger partial charge in [0, 0.05) is 11.3 Å². The molecule has 0 spiro atoms. The monoisotopic (exact) mass is 238 g/mol. The standard InChI is InChI=1S/C11H14N2O2S/c1-7(16-2)11(15)13-9-5-3-8(4-6-9)10(12)14/h3-7H,1-2H3,(H2,12,14)(H,13,15)/t7-/m1/s1. The molecule has 0 bridgehead atoms. The Hall–Kier alpha value is -1.49. The van der Waals surface area contributed by atoms with Crippen LogP contribution >= 0.6 is 11.8 Å². The number of primary amides is 1. The minimum atomic E-state index is -0.477. The summed E-state index contributed by atoms with van der Waals surface area (Å²) in [4.78, 5) is 22.4. The van der Waals surface area contributed by atoms with E-state index >= 15 is 0 Å². The smallest absolute Gasteiger partial charge is 0.248 e. The Morgan fingerprint density at radius 3 is 2.31 bits per heavy atom. The summed E-state index contributed by atoms with van der Waals surface area (Å²) in [5.74, 6) is -0.533. The van der Waals surface area contributed by atoms with E-state index in [2.05, 4.69) is 5.32 Å². The number of rotatable bonds is 4. The molecule has 0 radical (unpaired) electrons. The fourth-order valence-electron chi connectivity index (χ4n) is 1.07. The molecule has 3 N–H and O–H groups in total. The third-order valence-electron chi connectivity index (χ3n) is 2.16. The normalized spacial score (nSPS) is 11.9. The minimum absolute atomic E-state index is 0.0562. The van der Waals surface area contributed by atoms with Crippen molar-refractivity contribution in [2.75, 3.05) is 11.6 Å². The number of hydrogen-bond acceptors (Lipinski definition) is 3. The first-order valence-corrected chi connectivity index (χ1v) is 6.07. The van der Waals surface area contributed by atoms with Crippen LogP contribution in [0.25, 0.3) is 0 Å². The van der Waals surface area contributed by atoms with E-state index in [-0.39, 0.29) is 11.2 Å². The van der Waals surface area contributed by atoms with Gasteiger partial charge in [-0.05, 0) is 37.4 Å². The topological polar surface area (TPSA) is 72.2 Å². The summed E-state index contributed by atoms with van der Waals surface area (Å²) in [6, 6.07) is 6.49. The van der Waals surface area contributed by atoms with Crippen LogP contribution in [-0.2, 0) is 4.79 Å². The van der Waals surface area contributed by atoms with Crippen LogP contribution < -0.4 is 11.1 Å². The summed E-state index contributed by atoms with van der Waals surface area (Å²) in [5, 5.41) is 2.65. The SMILES string of the molecule is CS[C@H](C)C(=O)Nc1ccc(C(N)=O)cc1. The molecule has 0 aliphatic carbocycles. The van der Waals surface area contributed by atoms with Crippen molar-refractivity contribution in [3.63, 3.8) is 0 Å². The molecule has 0 heterocycles. The fourth-order valence-corrected chi connectivity index (χ4v) is 1.34. The summed E-state index contributed by atoms with van der Waals surface area (Å²) in [7, 11) is 0. The molecule has 0 aliphatic rings. The highest BCUT2D eigenvalue weighted by atomic mass is 32.2. The van der Waals surface area contributed by atoms with Gasteiger partial charge < -0.3 is 11.1 Å². The first kappa shape index (κ1) is 12.6. The zero-order chi connectivity index (χ0) is 12.1. The van der Waals surface area contributed by atoms with Crippen LogP contribution in [0.3, 0.4) is 0 Å². The third-order valence-corrected chi connectivity index (χ3v) is 3.08. The van der Waals surface area contributed by atoms with Crippen LogP contribution in [0.1, 0.15) is 17.3 Å². The average Bonchev–Trinajstić information content (AvgIpc) is 2.28. The van der Waals surface area contributed by atoms with Gasteiger partial charge in [0.1, 0.15) is 0 Å². The van der Waals surface area contributed by atoms with Crippen LogP contribution in [0.4, 0.5) is 5.69 Å². The lowest BCUT2D eigenvalue weighted by Crippen LogP contribution is -2.22. The number of carbonyl (C=O) groups excluding carboxylic acids is 2. The summed E-state index contributed by atoms with van der Waals surface area (Å²) >= 11 is 1.47. The Morgan fingerprint density at radius 2 is 1.88 bits per heavy atom. The van der Waals surface area contributed by atoms with E-state index in [0.29, 0.717) is 11.3 Å². The molecule has 86 valence electrons. The first-order chi connectivity index (χ1) is 7.54. The van der Waals surface area contributed by atoms with Gasteiger partial charge in [0.05, 0.1) is 5.25 Å². The summed E-state index contributed by atoms with van der Waals surface area (Å²) < 4.78 is 0. The molecule has 16 heavy (non-hydrogen) atoms. The third kappa shape index (κ3) is 3.27. The Balaban J connectivity index is 2.69. The maximum atomic E-state index is 11.5. The van der Waals surface area contributed by atoms with Crippen LogP contribution in [0.15, 0.2) is 24.3 Å². The molecule has 0 saturated heterocycles. The van der Waals surface area contributed by atoms with Crippen LogP contribution in [0.2, 0.25) is 0 Å². The molecule has 4 nitrogen and oxygen atoms in total. The zero-order valence-corrected chi connectivity index (χ0v) is 10.0. The maximum Gasteiger partial charge on any atom is 0.248 e.